The van der Waals surface area contributed by atoms with Crippen LogP contribution in [0, 0.1) is 5.92 Å². The van der Waals surface area contributed by atoms with Gasteiger partial charge in [-0.3, -0.25) is 9.59 Å². The maximum absolute atomic E-state index is 12.3. The molecule has 2 aromatic carbocycles. The average Bonchev–Trinajstić information content (AvgIpc) is 2.60. The number of aliphatic carboxylic acids is 1. The van der Waals surface area contributed by atoms with Crippen LogP contribution in [-0.4, -0.2) is 23.5 Å². The third-order valence-electron chi connectivity index (χ3n) is 4.20. The molecule has 2 unspecified atom stereocenters. The number of rotatable bonds is 9. The van der Waals surface area contributed by atoms with Gasteiger partial charge in [0.2, 0.25) is 5.91 Å². The van der Waals surface area contributed by atoms with E-state index in [-0.39, 0.29) is 24.2 Å². The standard InChI is InChI=1S/C21H25NO3/c1-16(12-21(24)25)15-22-20(23)14-19(18-10-6-3-7-11-18)13-17-8-4-2-5-9-17/h2-11,16,19H,12-15H2,1H3,(H,22,23)(H,24,25). The Morgan fingerprint density at radius 2 is 1.56 bits per heavy atom. The molecule has 0 aromatic heterocycles. The van der Waals surface area contributed by atoms with Gasteiger partial charge >= 0.3 is 5.97 Å². The van der Waals surface area contributed by atoms with Crippen LogP contribution in [0.1, 0.15) is 36.8 Å². The van der Waals surface area contributed by atoms with E-state index in [0.717, 1.165) is 12.0 Å². The molecule has 4 heteroatoms. The molecule has 0 heterocycles. The van der Waals surface area contributed by atoms with E-state index in [4.69, 9.17) is 5.11 Å². The number of hydrogen-bond donors (Lipinski definition) is 2. The lowest BCUT2D eigenvalue weighted by molar-refractivity contribution is -0.138. The third kappa shape index (κ3) is 6.79. The molecule has 0 aliphatic rings. The predicted molar refractivity (Wildman–Crippen MR) is 98.4 cm³/mol. The summed E-state index contributed by atoms with van der Waals surface area (Å²) >= 11 is 0. The van der Waals surface area contributed by atoms with Gasteiger partial charge in [0.25, 0.3) is 0 Å². The lowest BCUT2D eigenvalue weighted by atomic mass is 9.89. The molecular weight excluding hydrogens is 314 g/mol. The van der Waals surface area contributed by atoms with Crippen molar-refractivity contribution in [3.8, 4) is 0 Å². The topological polar surface area (TPSA) is 66.4 Å². The Morgan fingerprint density at radius 3 is 2.16 bits per heavy atom. The fourth-order valence-corrected chi connectivity index (χ4v) is 2.89. The molecular formula is C21H25NO3. The Hall–Kier alpha value is -2.62. The molecule has 0 spiro atoms. The van der Waals surface area contributed by atoms with Gasteiger partial charge in [-0.15, -0.1) is 0 Å². The minimum absolute atomic E-state index is 0.0398. The minimum atomic E-state index is -0.840. The van der Waals surface area contributed by atoms with Crippen molar-refractivity contribution in [2.75, 3.05) is 6.54 Å². The van der Waals surface area contributed by atoms with E-state index in [2.05, 4.69) is 17.4 Å². The molecule has 0 aliphatic carbocycles. The van der Waals surface area contributed by atoms with Gasteiger partial charge in [-0.1, -0.05) is 67.6 Å². The fraction of sp³-hybridized carbons (Fsp3) is 0.333. The van der Waals surface area contributed by atoms with Crippen LogP contribution in [0.3, 0.4) is 0 Å². The van der Waals surface area contributed by atoms with Crippen molar-refractivity contribution in [3.05, 3.63) is 71.8 Å². The van der Waals surface area contributed by atoms with Gasteiger partial charge in [-0.05, 0) is 29.4 Å². The zero-order valence-corrected chi connectivity index (χ0v) is 14.5. The molecule has 2 N–H and O–H groups in total. The van der Waals surface area contributed by atoms with Crippen LogP contribution < -0.4 is 5.32 Å². The molecule has 132 valence electrons. The number of benzene rings is 2. The van der Waals surface area contributed by atoms with E-state index in [1.54, 1.807) is 0 Å². The smallest absolute Gasteiger partial charge is 0.303 e. The van der Waals surface area contributed by atoms with Crippen molar-refractivity contribution >= 4 is 11.9 Å². The normalized spacial score (nSPS) is 13.0. The third-order valence-corrected chi connectivity index (χ3v) is 4.20. The second-order valence-corrected chi connectivity index (χ2v) is 6.51. The average molecular weight is 339 g/mol. The molecule has 4 nitrogen and oxygen atoms in total. The quantitative estimate of drug-likeness (QED) is 0.733. The molecule has 0 aliphatic heterocycles. The van der Waals surface area contributed by atoms with Crippen LogP contribution in [0.5, 0.6) is 0 Å². The summed E-state index contributed by atoms with van der Waals surface area (Å²) in [5.74, 6) is -0.862. The summed E-state index contributed by atoms with van der Waals surface area (Å²) in [5.41, 5.74) is 2.34. The van der Waals surface area contributed by atoms with E-state index in [1.165, 1.54) is 5.56 Å². The van der Waals surface area contributed by atoms with Gasteiger partial charge in [0.15, 0.2) is 0 Å². The van der Waals surface area contributed by atoms with Crippen molar-refractivity contribution in [1.29, 1.82) is 0 Å². The summed E-state index contributed by atoms with van der Waals surface area (Å²) in [6.45, 7) is 2.21. The Labute approximate surface area is 148 Å². The summed E-state index contributed by atoms with van der Waals surface area (Å²) in [7, 11) is 0. The van der Waals surface area contributed by atoms with Crippen LogP contribution in [0.25, 0.3) is 0 Å². The SMILES string of the molecule is CC(CNC(=O)CC(Cc1ccccc1)c1ccccc1)CC(=O)O. The summed E-state index contributed by atoms with van der Waals surface area (Å²) in [6, 6.07) is 20.2. The second kappa shape index (κ2) is 9.62. The highest BCUT2D eigenvalue weighted by molar-refractivity contribution is 5.77. The van der Waals surface area contributed by atoms with Crippen LogP contribution in [-0.2, 0) is 16.0 Å². The Bertz CT molecular complexity index is 670. The lowest BCUT2D eigenvalue weighted by Gasteiger charge is -2.18. The van der Waals surface area contributed by atoms with Crippen molar-refractivity contribution in [2.24, 2.45) is 5.92 Å². The first kappa shape index (κ1) is 18.7. The first-order valence-electron chi connectivity index (χ1n) is 8.62. The lowest BCUT2D eigenvalue weighted by Crippen LogP contribution is -2.30. The summed E-state index contributed by atoms with van der Waals surface area (Å²) in [4.78, 5) is 23.1. The highest BCUT2D eigenvalue weighted by Gasteiger charge is 2.17. The molecule has 2 aromatic rings. The monoisotopic (exact) mass is 339 g/mol. The summed E-state index contributed by atoms with van der Waals surface area (Å²) in [6.07, 6.45) is 1.24. The van der Waals surface area contributed by atoms with Crippen LogP contribution in [0.15, 0.2) is 60.7 Å². The van der Waals surface area contributed by atoms with E-state index in [9.17, 15) is 9.59 Å². The minimum Gasteiger partial charge on any atom is -0.481 e. The van der Waals surface area contributed by atoms with Crippen molar-refractivity contribution in [2.45, 2.75) is 32.1 Å². The highest BCUT2D eigenvalue weighted by Crippen LogP contribution is 2.24. The number of nitrogens with one attached hydrogen (secondary N) is 1. The fourth-order valence-electron chi connectivity index (χ4n) is 2.89. The first-order chi connectivity index (χ1) is 12.0. The summed E-state index contributed by atoms with van der Waals surface area (Å²) < 4.78 is 0. The molecule has 1 amide bonds. The molecule has 25 heavy (non-hydrogen) atoms. The molecule has 0 fully saturated rings. The number of hydrogen-bond acceptors (Lipinski definition) is 2. The predicted octanol–water partition coefficient (Wildman–Crippen LogP) is 3.63. The Balaban J connectivity index is 1.98. The molecule has 0 radical (unpaired) electrons. The van der Waals surface area contributed by atoms with Crippen LogP contribution in [0.2, 0.25) is 0 Å². The number of carbonyl (C=O) groups excluding carboxylic acids is 1. The van der Waals surface area contributed by atoms with Crippen LogP contribution in [0.4, 0.5) is 0 Å². The highest BCUT2D eigenvalue weighted by atomic mass is 16.4. The van der Waals surface area contributed by atoms with E-state index >= 15 is 0 Å². The number of carboxylic acid groups (broad SMARTS) is 1. The Morgan fingerprint density at radius 1 is 0.960 bits per heavy atom. The largest absolute Gasteiger partial charge is 0.481 e. The van der Waals surface area contributed by atoms with Crippen LogP contribution >= 0.6 is 0 Å². The molecule has 2 atom stereocenters. The Kier molecular flexibility index (Phi) is 7.20. The van der Waals surface area contributed by atoms with Gasteiger partial charge in [-0.2, -0.15) is 0 Å². The van der Waals surface area contributed by atoms with E-state index in [0.29, 0.717) is 13.0 Å². The molecule has 0 saturated heterocycles. The zero-order valence-electron chi connectivity index (χ0n) is 14.5. The van der Waals surface area contributed by atoms with Crippen molar-refractivity contribution < 1.29 is 14.7 Å². The molecule has 0 bridgehead atoms. The van der Waals surface area contributed by atoms with Gasteiger partial charge in [0.05, 0.1) is 0 Å². The maximum Gasteiger partial charge on any atom is 0.303 e. The van der Waals surface area contributed by atoms with E-state index < -0.39 is 5.97 Å². The molecule has 0 saturated carbocycles. The van der Waals surface area contributed by atoms with Crippen molar-refractivity contribution in [3.63, 3.8) is 0 Å². The van der Waals surface area contributed by atoms with E-state index in [1.807, 2.05) is 55.5 Å². The van der Waals surface area contributed by atoms with Gasteiger partial charge in [-0.25, -0.2) is 0 Å². The van der Waals surface area contributed by atoms with Gasteiger partial charge < -0.3 is 10.4 Å². The zero-order chi connectivity index (χ0) is 18.1. The first-order valence-corrected chi connectivity index (χ1v) is 8.62. The maximum atomic E-state index is 12.3. The van der Waals surface area contributed by atoms with Gasteiger partial charge in [0.1, 0.15) is 0 Å². The second-order valence-electron chi connectivity index (χ2n) is 6.51. The van der Waals surface area contributed by atoms with Gasteiger partial charge in [0, 0.05) is 19.4 Å². The summed E-state index contributed by atoms with van der Waals surface area (Å²) in [5, 5.41) is 11.7. The number of carboxylic acids is 1. The number of amides is 1. The number of carbonyl (C=O) groups is 2. The van der Waals surface area contributed by atoms with Crippen molar-refractivity contribution in [1.82, 2.24) is 5.32 Å². The molecule has 2 rings (SSSR count).